The molecule has 126 valence electrons. The summed E-state index contributed by atoms with van der Waals surface area (Å²) in [7, 11) is 2.85. The third-order valence-electron chi connectivity index (χ3n) is 3.18. The molecular formula is C17H14F2O5. The Balaban J connectivity index is 2.07. The molecule has 5 nitrogen and oxygen atoms in total. The Hall–Kier alpha value is -2.96. The van der Waals surface area contributed by atoms with Gasteiger partial charge in [-0.3, -0.25) is 4.79 Å². The van der Waals surface area contributed by atoms with Crippen LogP contribution in [0.1, 0.15) is 20.7 Å². The molecule has 0 aliphatic carbocycles. The molecule has 0 radical (unpaired) electrons. The molecule has 24 heavy (non-hydrogen) atoms. The standard InChI is InChI=1S/C17H14F2O5/c1-22-15-6-3-10(7-16(15)23-2)17(21)24-9-14(20)12-8-11(18)4-5-13(12)19/h3-8H,9H2,1-2H3. The van der Waals surface area contributed by atoms with Crippen LogP contribution >= 0.6 is 0 Å². The molecule has 0 aliphatic rings. The van der Waals surface area contributed by atoms with Crippen molar-refractivity contribution in [1.82, 2.24) is 0 Å². The summed E-state index contributed by atoms with van der Waals surface area (Å²) in [6.07, 6.45) is 0. The van der Waals surface area contributed by atoms with Crippen LogP contribution in [0.4, 0.5) is 8.78 Å². The molecule has 0 saturated carbocycles. The minimum atomic E-state index is -0.886. The monoisotopic (exact) mass is 336 g/mol. The fourth-order valence-corrected chi connectivity index (χ4v) is 1.97. The highest BCUT2D eigenvalue weighted by Gasteiger charge is 2.17. The van der Waals surface area contributed by atoms with E-state index in [1.54, 1.807) is 0 Å². The summed E-state index contributed by atoms with van der Waals surface area (Å²) in [5.74, 6) is -2.56. The van der Waals surface area contributed by atoms with E-state index in [0.29, 0.717) is 11.5 Å². The first kappa shape index (κ1) is 17.4. The van der Waals surface area contributed by atoms with Crippen molar-refractivity contribution in [2.45, 2.75) is 0 Å². The number of rotatable bonds is 6. The SMILES string of the molecule is COc1ccc(C(=O)OCC(=O)c2cc(F)ccc2F)cc1OC. The molecule has 0 spiro atoms. The Kier molecular flexibility index (Phi) is 5.47. The van der Waals surface area contributed by atoms with E-state index in [4.69, 9.17) is 14.2 Å². The van der Waals surface area contributed by atoms with Crippen LogP contribution in [0.25, 0.3) is 0 Å². The fraction of sp³-hybridized carbons (Fsp3) is 0.176. The lowest BCUT2D eigenvalue weighted by atomic mass is 10.1. The molecule has 0 heterocycles. The van der Waals surface area contributed by atoms with E-state index >= 15 is 0 Å². The lowest BCUT2D eigenvalue weighted by molar-refractivity contribution is 0.0473. The summed E-state index contributed by atoms with van der Waals surface area (Å²) in [6, 6.07) is 6.79. The molecule has 0 N–H and O–H groups in total. The largest absolute Gasteiger partial charge is 0.493 e. The van der Waals surface area contributed by atoms with E-state index in [-0.39, 0.29) is 5.56 Å². The van der Waals surface area contributed by atoms with Gasteiger partial charge < -0.3 is 14.2 Å². The van der Waals surface area contributed by atoms with E-state index in [9.17, 15) is 18.4 Å². The molecule has 0 saturated heterocycles. The van der Waals surface area contributed by atoms with E-state index in [1.807, 2.05) is 0 Å². The van der Waals surface area contributed by atoms with Gasteiger partial charge in [-0.2, -0.15) is 0 Å². The average Bonchev–Trinajstić information content (AvgIpc) is 2.60. The predicted octanol–water partition coefficient (Wildman–Crippen LogP) is 3.02. The Morgan fingerprint density at radius 2 is 1.67 bits per heavy atom. The van der Waals surface area contributed by atoms with Crippen LogP contribution < -0.4 is 9.47 Å². The molecule has 0 amide bonds. The molecule has 2 rings (SSSR count). The number of methoxy groups -OCH3 is 2. The molecule has 0 unspecified atom stereocenters. The Labute approximate surface area is 136 Å². The summed E-state index contributed by atoms with van der Waals surface area (Å²) in [6.45, 7) is -0.715. The maximum Gasteiger partial charge on any atom is 0.338 e. The molecular weight excluding hydrogens is 322 g/mol. The van der Waals surface area contributed by atoms with Gasteiger partial charge in [0.1, 0.15) is 11.6 Å². The maximum atomic E-state index is 13.5. The van der Waals surface area contributed by atoms with Crippen LogP contribution in [-0.2, 0) is 4.74 Å². The second-order valence-corrected chi connectivity index (χ2v) is 4.69. The number of ketones is 1. The Bertz CT molecular complexity index is 774. The number of hydrogen-bond acceptors (Lipinski definition) is 5. The summed E-state index contributed by atoms with van der Waals surface area (Å²) in [5.41, 5.74) is -0.352. The quantitative estimate of drug-likeness (QED) is 0.599. The smallest absolute Gasteiger partial charge is 0.338 e. The zero-order chi connectivity index (χ0) is 17.7. The van der Waals surface area contributed by atoms with Crippen molar-refractivity contribution >= 4 is 11.8 Å². The zero-order valence-electron chi connectivity index (χ0n) is 13.0. The lowest BCUT2D eigenvalue weighted by Gasteiger charge is -2.09. The van der Waals surface area contributed by atoms with Gasteiger partial charge in [-0.15, -0.1) is 0 Å². The van der Waals surface area contributed by atoms with Crippen molar-refractivity contribution in [3.8, 4) is 11.5 Å². The molecule has 0 bridgehead atoms. The summed E-state index contributed by atoms with van der Waals surface area (Å²) < 4.78 is 41.5. The van der Waals surface area contributed by atoms with Gasteiger partial charge in [0.15, 0.2) is 18.1 Å². The number of halogens is 2. The number of benzene rings is 2. The van der Waals surface area contributed by atoms with Crippen LogP contribution in [0.15, 0.2) is 36.4 Å². The highest BCUT2D eigenvalue weighted by Crippen LogP contribution is 2.27. The summed E-state index contributed by atoms with van der Waals surface area (Å²) in [5, 5.41) is 0. The highest BCUT2D eigenvalue weighted by atomic mass is 19.1. The number of carbonyl (C=O) groups excluding carboxylic acids is 2. The number of hydrogen-bond donors (Lipinski definition) is 0. The fourth-order valence-electron chi connectivity index (χ4n) is 1.97. The first-order valence-corrected chi connectivity index (χ1v) is 6.83. The summed E-state index contributed by atoms with van der Waals surface area (Å²) >= 11 is 0. The molecule has 0 atom stereocenters. The number of esters is 1. The highest BCUT2D eigenvalue weighted by molar-refractivity contribution is 5.99. The van der Waals surface area contributed by atoms with Gasteiger partial charge in [-0.25, -0.2) is 13.6 Å². The van der Waals surface area contributed by atoms with Gasteiger partial charge in [0.25, 0.3) is 0 Å². The Morgan fingerprint density at radius 1 is 0.958 bits per heavy atom. The van der Waals surface area contributed by atoms with Crippen LogP contribution in [0.2, 0.25) is 0 Å². The van der Waals surface area contributed by atoms with Crippen molar-refractivity contribution in [2.75, 3.05) is 20.8 Å². The van der Waals surface area contributed by atoms with E-state index in [0.717, 1.165) is 18.2 Å². The van der Waals surface area contributed by atoms with Crippen molar-refractivity contribution in [1.29, 1.82) is 0 Å². The third-order valence-corrected chi connectivity index (χ3v) is 3.18. The van der Waals surface area contributed by atoms with Crippen LogP contribution in [0.5, 0.6) is 11.5 Å². The van der Waals surface area contributed by atoms with E-state index in [2.05, 4.69) is 0 Å². The molecule has 0 aliphatic heterocycles. The second-order valence-electron chi connectivity index (χ2n) is 4.69. The minimum absolute atomic E-state index is 0.125. The van der Waals surface area contributed by atoms with Crippen molar-refractivity contribution in [2.24, 2.45) is 0 Å². The van der Waals surface area contributed by atoms with Gasteiger partial charge in [0.2, 0.25) is 5.78 Å². The van der Waals surface area contributed by atoms with Gasteiger partial charge in [0.05, 0.1) is 25.3 Å². The van der Waals surface area contributed by atoms with Crippen molar-refractivity contribution < 1.29 is 32.6 Å². The van der Waals surface area contributed by atoms with Crippen molar-refractivity contribution in [3.05, 3.63) is 59.2 Å². The predicted molar refractivity (Wildman–Crippen MR) is 80.5 cm³/mol. The lowest BCUT2D eigenvalue weighted by Crippen LogP contribution is -2.15. The van der Waals surface area contributed by atoms with E-state index in [1.165, 1.54) is 32.4 Å². The maximum absolute atomic E-state index is 13.5. The third kappa shape index (κ3) is 3.87. The number of ether oxygens (including phenoxy) is 3. The van der Waals surface area contributed by atoms with Gasteiger partial charge >= 0.3 is 5.97 Å². The van der Waals surface area contributed by atoms with Crippen LogP contribution in [-0.4, -0.2) is 32.6 Å². The number of Topliss-reactive ketones (excluding diaryl/α,β-unsaturated/α-hetero) is 1. The first-order chi connectivity index (χ1) is 11.5. The zero-order valence-corrected chi connectivity index (χ0v) is 13.0. The topological polar surface area (TPSA) is 61.8 Å². The minimum Gasteiger partial charge on any atom is -0.493 e. The molecule has 0 fully saturated rings. The van der Waals surface area contributed by atoms with E-state index < -0.39 is 35.6 Å². The number of carbonyl (C=O) groups is 2. The van der Waals surface area contributed by atoms with Crippen LogP contribution in [0, 0.1) is 11.6 Å². The molecule has 7 heteroatoms. The summed E-state index contributed by atoms with van der Waals surface area (Å²) in [4.78, 5) is 23.8. The van der Waals surface area contributed by atoms with Crippen LogP contribution in [0.3, 0.4) is 0 Å². The second kappa shape index (κ2) is 7.54. The van der Waals surface area contributed by atoms with Crippen molar-refractivity contribution in [3.63, 3.8) is 0 Å². The molecule has 0 aromatic heterocycles. The van der Waals surface area contributed by atoms with Gasteiger partial charge in [-0.1, -0.05) is 0 Å². The van der Waals surface area contributed by atoms with Gasteiger partial charge in [-0.05, 0) is 36.4 Å². The normalized spacial score (nSPS) is 10.2. The molecule has 2 aromatic rings. The Morgan fingerprint density at radius 3 is 2.33 bits per heavy atom. The molecule has 2 aromatic carbocycles. The first-order valence-electron chi connectivity index (χ1n) is 6.83. The van der Waals surface area contributed by atoms with Gasteiger partial charge in [0, 0.05) is 0 Å². The average molecular weight is 336 g/mol.